The van der Waals surface area contributed by atoms with Gasteiger partial charge in [0.2, 0.25) is 0 Å². The van der Waals surface area contributed by atoms with Gasteiger partial charge in [0.15, 0.2) is 0 Å². The highest BCUT2D eigenvalue weighted by Gasteiger charge is 2.34. The van der Waals surface area contributed by atoms with E-state index in [2.05, 4.69) is 34.9 Å². The zero-order valence-electron chi connectivity index (χ0n) is 11.5. The van der Waals surface area contributed by atoms with Gasteiger partial charge in [-0.05, 0) is 41.1 Å². The summed E-state index contributed by atoms with van der Waals surface area (Å²) in [5.41, 5.74) is 1.67. The molecule has 2 atom stereocenters. The van der Waals surface area contributed by atoms with Gasteiger partial charge in [0.1, 0.15) is 0 Å². The second kappa shape index (κ2) is 5.33. The van der Waals surface area contributed by atoms with E-state index in [0.29, 0.717) is 12.3 Å². The fourth-order valence-corrected chi connectivity index (χ4v) is 3.87. The molecule has 0 saturated heterocycles. The summed E-state index contributed by atoms with van der Waals surface area (Å²) in [4.78, 5) is 0. The molecule has 2 unspecified atom stereocenters. The van der Waals surface area contributed by atoms with E-state index >= 15 is 0 Å². The fourth-order valence-electron chi connectivity index (χ4n) is 3.12. The molecule has 0 spiro atoms. The third-order valence-corrected chi connectivity index (χ3v) is 4.98. The molecule has 1 saturated carbocycles. The highest BCUT2D eigenvalue weighted by molar-refractivity contribution is 9.10. The highest BCUT2D eigenvalue weighted by atomic mass is 79.9. The normalized spacial score (nSPS) is 28.6. The Morgan fingerprint density at radius 2 is 2.28 bits per heavy atom. The van der Waals surface area contributed by atoms with Crippen molar-refractivity contribution in [3.05, 3.63) is 15.9 Å². The Morgan fingerprint density at radius 1 is 1.56 bits per heavy atom. The van der Waals surface area contributed by atoms with E-state index in [-0.39, 0.29) is 0 Å². The van der Waals surface area contributed by atoms with Gasteiger partial charge in [-0.2, -0.15) is 5.10 Å². The first-order valence-corrected chi connectivity index (χ1v) is 7.67. The van der Waals surface area contributed by atoms with Gasteiger partial charge in [-0.3, -0.25) is 4.68 Å². The van der Waals surface area contributed by atoms with Crippen molar-refractivity contribution in [2.24, 2.45) is 13.0 Å². The Morgan fingerprint density at radius 3 is 2.83 bits per heavy atom. The van der Waals surface area contributed by atoms with Crippen LogP contribution in [-0.4, -0.2) is 20.5 Å². The maximum atomic E-state index is 10.8. The van der Waals surface area contributed by atoms with Crippen molar-refractivity contribution in [1.82, 2.24) is 9.78 Å². The number of hydrogen-bond donors (Lipinski definition) is 1. The Balaban J connectivity index is 2.20. The lowest BCUT2D eigenvalue weighted by molar-refractivity contribution is -0.0139. The van der Waals surface area contributed by atoms with Gasteiger partial charge in [-0.1, -0.05) is 26.7 Å². The third-order valence-electron chi connectivity index (χ3n) is 4.07. The Bertz CT molecular complexity index is 430. The lowest BCUT2D eigenvalue weighted by Crippen LogP contribution is -2.37. The summed E-state index contributed by atoms with van der Waals surface area (Å²) in [5, 5.41) is 15.3. The lowest BCUT2D eigenvalue weighted by Gasteiger charge is -2.35. The minimum atomic E-state index is -0.543. The number of hydrogen-bond acceptors (Lipinski definition) is 2. The van der Waals surface area contributed by atoms with Gasteiger partial charge in [-0.25, -0.2) is 0 Å². The summed E-state index contributed by atoms with van der Waals surface area (Å²) in [6.07, 6.45) is 5.83. The first-order valence-electron chi connectivity index (χ1n) is 6.88. The molecule has 0 amide bonds. The highest BCUT2D eigenvalue weighted by Crippen LogP contribution is 2.36. The zero-order valence-corrected chi connectivity index (χ0v) is 13.1. The first-order chi connectivity index (χ1) is 8.45. The zero-order chi connectivity index (χ0) is 13.3. The molecular weight excluding hydrogens is 292 g/mol. The molecule has 1 aromatic rings. The van der Waals surface area contributed by atoms with Crippen LogP contribution in [0.2, 0.25) is 0 Å². The second-order valence-electron chi connectivity index (χ2n) is 5.79. The number of aryl methyl sites for hydroxylation is 2. The SMILES string of the molecule is CCc1nn(C)c(CC2(O)CCCC(C)C2)c1Br. The molecule has 0 aliphatic heterocycles. The van der Waals surface area contributed by atoms with Gasteiger partial charge in [0.05, 0.1) is 21.5 Å². The maximum absolute atomic E-state index is 10.8. The molecule has 0 aromatic carbocycles. The van der Waals surface area contributed by atoms with Crippen LogP contribution in [0.4, 0.5) is 0 Å². The van der Waals surface area contributed by atoms with Gasteiger partial charge in [-0.15, -0.1) is 0 Å². The average molecular weight is 315 g/mol. The molecule has 1 aromatic heterocycles. The summed E-state index contributed by atoms with van der Waals surface area (Å²) in [6, 6.07) is 0. The third kappa shape index (κ3) is 2.80. The van der Waals surface area contributed by atoms with Gasteiger partial charge < -0.3 is 5.11 Å². The van der Waals surface area contributed by atoms with E-state index in [1.165, 1.54) is 6.42 Å². The summed E-state index contributed by atoms with van der Waals surface area (Å²) in [6.45, 7) is 4.34. The van der Waals surface area contributed by atoms with Gasteiger partial charge in [0, 0.05) is 13.5 Å². The maximum Gasteiger partial charge on any atom is 0.0766 e. The van der Waals surface area contributed by atoms with Crippen molar-refractivity contribution in [3.63, 3.8) is 0 Å². The van der Waals surface area contributed by atoms with Crippen molar-refractivity contribution in [1.29, 1.82) is 0 Å². The van der Waals surface area contributed by atoms with Crippen LogP contribution < -0.4 is 0 Å². The van der Waals surface area contributed by atoms with Crippen molar-refractivity contribution in [2.45, 2.75) is 58.0 Å². The Labute approximate surface area is 118 Å². The standard InChI is InChI=1S/C14H23BrN2O/c1-4-11-13(15)12(17(3)16-11)9-14(18)7-5-6-10(2)8-14/h10,18H,4-9H2,1-3H3. The first kappa shape index (κ1) is 14.1. The molecule has 1 N–H and O–H groups in total. The molecule has 0 radical (unpaired) electrons. The quantitative estimate of drug-likeness (QED) is 0.930. The molecular formula is C14H23BrN2O. The van der Waals surface area contributed by atoms with Crippen LogP contribution in [0.15, 0.2) is 4.47 Å². The van der Waals surface area contributed by atoms with Gasteiger partial charge in [0.25, 0.3) is 0 Å². The minimum absolute atomic E-state index is 0.543. The number of aliphatic hydroxyl groups is 1. The molecule has 1 aliphatic carbocycles. The molecule has 1 fully saturated rings. The number of halogens is 1. The summed E-state index contributed by atoms with van der Waals surface area (Å²) >= 11 is 3.63. The van der Waals surface area contributed by atoms with Crippen molar-refractivity contribution < 1.29 is 5.11 Å². The topological polar surface area (TPSA) is 38.0 Å². The van der Waals surface area contributed by atoms with Crippen LogP contribution in [0.1, 0.15) is 50.9 Å². The molecule has 102 valence electrons. The predicted molar refractivity (Wildman–Crippen MR) is 76.6 cm³/mol. The number of rotatable bonds is 3. The van der Waals surface area contributed by atoms with E-state index in [1.807, 2.05) is 11.7 Å². The number of aromatic nitrogens is 2. The van der Waals surface area contributed by atoms with Crippen molar-refractivity contribution in [2.75, 3.05) is 0 Å². The van der Waals surface area contributed by atoms with Crippen molar-refractivity contribution in [3.8, 4) is 0 Å². The second-order valence-corrected chi connectivity index (χ2v) is 6.58. The van der Waals surface area contributed by atoms with E-state index in [1.54, 1.807) is 0 Å². The molecule has 0 bridgehead atoms. The van der Waals surface area contributed by atoms with E-state index in [4.69, 9.17) is 0 Å². The fraction of sp³-hybridized carbons (Fsp3) is 0.786. The molecule has 18 heavy (non-hydrogen) atoms. The Kier molecular flexibility index (Phi) is 4.17. The Hall–Kier alpha value is -0.350. The monoisotopic (exact) mass is 314 g/mol. The van der Waals surface area contributed by atoms with Crippen LogP contribution in [0.25, 0.3) is 0 Å². The van der Waals surface area contributed by atoms with Crippen LogP contribution in [0.5, 0.6) is 0 Å². The summed E-state index contributed by atoms with van der Waals surface area (Å²) < 4.78 is 3.00. The molecule has 3 nitrogen and oxygen atoms in total. The van der Waals surface area contributed by atoms with Crippen LogP contribution in [0, 0.1) is 5.92 Å². The van der Waals surface area contributed by atoms with Gasteiger partial charge >= 0.3 is 0 Å². The predicted octanol–water partition coefficient (Wildman–Crippen LogP) is 3.23. The molecule has 4 heteroatoms. The summed E-state index contributed by atoms with van der Waals surface area (Å²) in [5.74, 6) is 0.626. The van der Waals surface area contributed by atoms with Crippen LogP contribution in [-0.2, 0) is 19.9 Å². The minimum Gasteiger partial charge on any atom is -0.389 e. The van der Waals surface area contributed by atoms with Crippen LogP contribution in [0.3, 0.4) is 0 Å². The molecule has 1 heterocycles. The molecule has 2 rings (SSSR count). The lowest BCUT2D eigenvalue weighted by atomic mass is 9.76. The average Bonchev–Trinajstić information content (AvgIpc) is 2.56. The van der Waals surface area contributed by atoms with E-state index < -0.39 is 5.60 Å². The smallest absolute Gasteiger partial charge is 0.0766 e. The molecule has 1 aliphatic rings. The number of nitrogens with zero attached hydrogens (tertiary/aromatic N) is 2. The van der Waals surface area contributed by atoms with Crippen LogP contribution >= 0.6 is 15.9 Å². The van der Waals surface area contributed by atoms with Crippen molar-refractivity contribution >= 4 is 15.9 Å². The van der Waals surface area contributed by atoms with E-state index in [0.717, 1.165) is 41.5 Å². The largest absolute Gasteiger partial charge is 0.389 e. The summed E-state index contributed by atoms with van der Waals surface area (Å²) in [7, 11) is 1.97. The van der Waals surface area contributed by atoms with E-state index in [9.17, 15) is 5.11 Å².